The van der Waals surface area contributed by atoms with Crippen LogP contribution in [-0.2, 0) is 4.79 Å². The number of rotatable bonds is 10. The number of ether oxygens (including phenoxy) is 3. The van der Waals surface area contributed by atoms with Crippen molar-refractivity contribution in [3.05, 3.63) is 72.2 Å². The third-order valence-electron chi connectivity index (χ3n) is 6.29. The molecule has 0 spiro atoms. The maximum absolute atomic E-state index is 14.0. The van der Waals surface area contributed by atoms with Gasteiger partial charge in [-0.3, -0.25) is 14.5 Å². The van der Waals surface area contributed by atoms with Crippen LogP contribution in [0.3, 0.4) is 0 Å². The highest BCUT2D eigenvalue weighted by molar-refractivity contribution is 6.09. The van der Waals surface area contributed by atoms with E-state index < -0.39 is 11.9 Å². The topological polar surface area (TPSA) is 90.2 Å². The lowest BCUT2D eigenvalue weighted by molar-refractivity contribution is -0.123. The monoisotopic (exact) mass is 492 g/mol. The second kappa shape index (κ2) is 11.7. The van der Waals surface area contributed by atoms with Gasteiger partial charge < -0.3 is 23.9 Å². The van der Waals surface area contributed by atoms with Crippen LogP contribution in [0.2, 0.25) is 0 Å². The molecule has 0 radical (unpaired) electrons. The van der Waals surface area contributed by atoms with Gasteiger partial charge in [-0.15, -0.1) is 0 Å². The van der Waals surface area contributed by atoms with Gasteiger partial charge in [-0.25, -0.2) is 0 Å². The van der Waals surface area contributed by atoms with E-state index in [2.05, 4.69) is 5.32 Å². The van der Waals surface area contributed by atoms with E-state index in [9.17, 15) is 9.59 Å². The zero-order valence-corrected chi connectivity index (χ0v) is 20.9. The Hall–Kier alpha value is -3.94. The number of para-hydroxylation sites is 1. The minimum Gasteiger partial charge on any atom is -0.494 e. The standard InChI is InChI=1S/C28H32N2O6/c1-4-35-21-13-7-12-20(18-21)30(28(32)24-16-9-17-36-24)25(27(31)29-19-10-5-6-11-19)22-14-8-15-23(33-2)26(22)34-3/h7-9,12-19,25H,4-6,10-11H2,1-3H3,(H,29,31)/t25-/m0/s1. The molecule has 36 heavy (non-hydrogen) atoms. The predicted octanol–water partition coefficient (Wildman–Crippen LogP) is 5.14. The first-order valence-electron chi connectivity index (χ1n) is 12.2. The minimum absolute atomic E-state index is 0.0481. The van der Waals surface area contributed by atoms with Gasteiger partial charge in [0.25, 0.3) is 5.91 Å². The molecule has 0 aliphatic heterocycles. The summed E-state index contributed by atoms with van der Waals surface area (Å²) in [5, 5.41) is 3.17. The fourth-order valence-electron chi connectivity index (χ4n) is 4.67. The van der Waals surface area contributed by atoms with Gasteiger partial charge in [-0.1, -0.05) is 31.0 Å². The summed E-state index contributed by atoms with van der Waals surface area (Å²) < 4.78 is 22.4. The summed E-state index contributed by atoms with van der Waals surface area (Å²) in [5.74, 6) is 0.754. The van der Waals surface area contributed by atoms with E-state index >= 15 is 0 Å². The highest BCUT2D eigenvalue weighted by Gasteiger charge is 2.38. The average Bonchev–Trinajstić information content (AvgIpc) is 3.61. The first-order chi connectivity index (χ1) is 17.6. The number of anilines is 1. The lowest BCUT2D eigenvalue weighted by atomic mass is 10.00. The molecule has 8 heteroatoms. The second-order valence-electron chi connectivity index (χ2n) is 8.56. The highest BCUT2D eigenvalue weighted by atomic mass is 16.5. The summed E-state index contributed by atoms with van der Waals surface area (Å²) in [7, 11) is 3.05. The van der Waals surface area contributed by atoms with E-state index in [0.29, 0.717) is 35.1 Å². The Balaban J connectivity index is 1.89. The fraction of sp³-hybridized carbons (Fsp3) is 0.357. The average molecular weight is 493 g/mol. The number of furan rings is 1. The van der Waals surface area contributed by atoms with Gasteiger partial charge in [-0.05, 0) is 50.1 Å². The van der Waals surface area contributed by atoms with Crippen LogP contribution < -0.4 is 24.4 Å². The molecule has 4 rings (SSSR count). The van der Waals surface area contributed by atoms with E-state index in [-0.39, 0.29) is 17.7 Å². The molecule has 8 nitrogen and oxygen atoms in total. The van der Waals surface area contributed by atoms with Crippen molar-refractivity contribution in [1.29, 1.82) is 0 Å². The lowest BCUT2D eigenvalue weighted by Crippen LogP contribution is -2.46. The Morgan fingerprint density at radius 3 is 2.50 bits per heavy atom. The molecule has 0 saturated heterocycles. The fourth-order valence-corrected chi connectivity index (χ4v) is 4.67. The van der Waals surface area contributed by atoms with Gasteiger partial charge in [0.15, 0.2) is 17.3 Å². The van der Waals surface area contributed by atoms with E-state index in [1.807, 2.05) is 13.0 Å². The number of hydrogen-bond donors (Lipinski definition) is 1. The Kier molecular flexibility index (Phi) is 8.15. The zero-order chi connectivity index (χ0) is 25.5. The van der Waals surface area contributed by atoms with Crippen molar-refractivity contribution in [2.45, 2.75) is 44.7 Å². The van der Waals surface area contributed by atoms with Crippen molar-refractivity contribution in [3.63, 3.8) is 0 Å². The van der Waals surface area contributed by atoms with Crippen LogP contribution in [-0.4, -0.2) is 38.7 Å². The van der Waals surface area contributed by atoms with Crippen LogP contribution in [0.25, 0.3) is 0 Å². The van der Waals surface area contributed by atoms with Crippen LogP contribution >= 0.6 is 0 Å². The molecule has 1 N–H and O–H groups in total. The number of benzene rings is 2. The Bertz CT molecular complexity index is 1170. The summed E-state index contributed by atoms with van der Waals surface area (Å²) in [6.07, 6.45) is 5.36. The van der Waals surface area contributed by atoms with Crippen molar-refractivity contribution in [3.8, 4) is 17.2 Å². The number of methoxy groups -OCH3 is 2. The molecule has 2 amide bonds. The Morgan fingerprint density at radius 1 is 1.06 bits per heavy atom. The molecule has 1 aliphatic carbocycles. The SMILES string of the molecule is CCOc1cccc(N(C(=O)c2ccco2)[C@H](C(=O)NC2CCCC2)c2cccc(OC)c2OC)c1. The van der Waals surface area contributed by atoms with Gasteiger partial charge in [0.2, 0.25) is 5.91 Å². The summed E-state index contributed by atoms with van der Waals surface area (Å²) in [6, 6.07) is 14.6. The molecule has 190 valence electrons. The van der Waals surface area contributed by atoms with Crippen LogP contribution in [0.4, 0.5) is 5.69 Å². The molecule has 1 aliphatic rings. The minimum atomic E-state index is -1.06. The van der Waals surface area contributed by atoms with E-state index in [1.54, 1.807) is 48.5 Å². The molecular formula is C28H32N2O6. The largest absolute Gasteiger partial charge is 0.494 e. The highest BCUT2D eigenvalue weighted by Crippen LogP contribution is 2.40. The van der Waals surface area contributed by atoms with Gasteiger partial charge in [0.05, 0.1) is 27.1 Å². The Labute approximate surface area is 211 Å². The molecular weight excluding hydrogens is 460 g/mol. The smallest absolute Gasteiger partial charge is 0.294 e. The molecule has 0 unspecified atom stereocenters. The summed E-state index contributed by atoms with van der Waals surface area (Å²) in [5.41, 5.74) is 0.980. The van der Waals surface area contributed by atoms with Crippen LogP contribution in [0, 0.1) is 0 Å². The van der Waals surface area contributed by atoms with E-state index in [4.69, 9.17) is 18.6 Å². The van der Waals surface area contributed by atoms with E-state index in [1.165, 1.54) is 25.4 Å². The third kappa shape index (κ3) is 5.32. The van der Waals surface area contributed by atoms with E-state index in [0.717, 1.165) is 25.7 Å². The van der Waals surface area contributed by atoms with Crippen LogP contribution in [0.5, 0.6) is 17.2 Å². The predicted molar refractivity (Wildman–Crippen MR) is 136 cm³/mol. The first kappa shape index (κ1) is 25.2. The van der Waals surface area contributed by atoms with Crippen molar-refractivity contribution in [2.24, 2.45) is 0 Å². The second-order valence-corrected chi connectivity index (χ2v) is 8.56. The molecule has 2 aromatic carbocycles. The first-order valence-corrected chi connectivity index (χ1v) is 12.2. The zero-order valence-electron chi connectivity index (χ0n) is 20.9. The maximum Gasteiger partial charge on any atom is 0.294 e. The number of amides is 2. The summed E-state index contributed by atoms with van der Waals surface area (Å²) >= 11 is 0. The third-order valence-corrected chi connectivity index (χ3v) is 6.29. The molecule has 1 fully saturated rings. The van der Waals surface area contributed by atoms with Gasteiger partial charge in [-0.2, -0.15) is 0 Å². The number of carbonyl (C=O) groups is 2. The van der Waals surface area contributed by atoms with Gasteiger partial charge in [0, 0.05) is 23.4 Å². The normalized spacial score (nSPS) is 14.2. The maximum atomic E-state index is 14.0. The molecule has 0 bridgehead atoms. The van der Waals surface area contributed by atoms with Crippen LogP contribution in [0.1, 0.15) is 54.8 Å². The molecule has 1 atom stereocenters. The lowest BCUT2D eigenvalue weighted by Gasteiger charge is -2.33. The number of nitrogens with zero attached hydrogens (tertiary/aromatic N) is 1. The van der Waals surface area contributed by atoms with Crippen molar-refractivity contribution in [1.82, 2.24) is 5.32 Å². The number of hydrogen-bond acceptors (Lipinski definition) is 6. The summed E-state index contributed by atoms with van der Waals surface area (Å²) in [6.45, 7) is 2.35. The van der Waals surface area contributed by atoms with Crippen molar-refractivity contribution < 1.29 is 28.2 Å². The molecule has 1 aromatic heterocycles. The van der Waals surface area contributed by atoms with Gasteiger partial charge >= 0.3 is 0 Å². The Morgan fingerprint density at radius 2 is 1.83 bits per heavy atom. The summed E-state index contributed by atoms with van der Waals surface area (Å²) in [4.78, 5) is 29.4. The molecule has 1 heterocycles. The quantitative estimate of drug-likeness (QED) is 0.421. The number of nitrogens with one attached hydrogen (secondary N) is 1. The van der Waals surface area contributed by atoms with Crippen LogP contribution in [0.15, 0.2) is 65.3 Å². The van der Waals surface area contributed by atoms with Crippen molar-refractivity contribution in [2.75, 3.05) is 25.7 Å². The van der Waals surface area contributed by atoms with Gasteiger partial charge in [0.1, 0.15) is 11.8 Å². The van der Waals surface area contributed by atoms with Crippen molar-refractivity contribution >= 4 is 17.5 Å². The molecule has 3 aromatic rings. The number of carbonyl (C=O) groups excluding carboxylic acids is 2. The molecule has 1 saturated carbocycles.